The molecule has 0 saturated carbocycles. The van der Waals surface area contributed by atoms with E-state index in [4.69, 9.17) is 9.47 Å². The summed E-state index contributed by atoms with van der Waals surface area (Å²) in [6.45, 7) is 5.95. The van der Waals surface area contributed by atoms with Gasteiger partial charge < -0.3 is 24.6 Å². The maximum Gasteiger partial charge on any atom is 0.408 e. The van der Waals surface area contributed by atoms with Crippen molar-refractivity contribution >= 4 is 35.6 Å². The molecule has 2 saturated heterocycles. The van der Waals surface area contributed by atoms with E-state index in [-0.39, 0.29) is 11.7 Å². The minimum Gasteiger partial charge on any atom is -0.451 e. The van der Waals surface area contributed by atoms with Crippen LogP contribution in [0, 0.1) is 5.82 Å². The fourth-order valence-electron chi connectivity index (χ4n) is 5.94. The fraction of sp³-hybridized carbons (Fsp3) is 0.297. The molecule has 0 aliphatic carbocycles. The van der Waals surface area contributed by atoms with Gasteiger partial charge in [0.2, 0.25) is 11.8 Å². The highest BCUT2D eigenvalue weighted by atomic mass is 32.2. The molecule has 9 nitrogen and oxygen atoms in total. The Bertz CT molecular complexity index is 1720. The van der Waals surface area contributed by atoms with E-state index in [1.165, 1.54) is 28.8 Å². The molecular weight excluding hydrogens is 633 g/mol. The van der Waals surface area contributed by atoms with Crippen LogP contribution in [0.15, 0.2) is 108 Å². The number of nitrogens with one attached hydrogen (secondary N) is 1. The number of ether oxygens (including phenoxy) is 2. The molecule has 2 fully saturated rings. The predicted octanol–water partition coefficient (Wildman–Crippen LogP) is 5.88. The van der Waals surface area contributed by atoms with Crippen LogP contribution in [0.4, 0.5) is 9.18 Å². The molecule has 48 heavy (non-hydrogen) atoms. The van der Waals surface area contributed by atoms with Gasteiger partial charge in [-0.3, -0.25) is 9.59 Å². The van der Waals surface area contributed by atoms with Gasteiger partial charge in [-0.15, -0.1) is 11.8 Å². The van der Waals surface area contributed by atoms with Gasteiger partial charge in [0, 0.05) is 18.7 Å². The zero-order valence-electron chi connectivity index (χ0n) is 26.8. The lowest BCUT2D eigenvalue weighted by molar-refractivity contribution is -0.164. The van der Waals surface area contributed by atoms with Crippen LogP contribution in [0.5, 0.6) is 0 Å². The number of carbonyl (C=O) groups excluding carboxylic acids is 4. The minimum absolute atomic E-state index is 0.203. The van der Waals surface area contributed by atoms with Crippen LogP contribution in [0.1, 0.15) is 50.0 Å². The quantitative estimate of drug-likeness (QED) is 0.182. The fourth-order valence-corrected chi connectivity index (χ4v) is 7.13. The van der Waals surface area contributed by atoms with Gasteiger partial charge in [-0.2, -0.15) is 0 Å². The lowest BCUT2D eigenvalue weighted by Gasteiger charge is -2.51. The van der Waals surface area contributed by atoms with Crippen LogP contribution in [0.2, 0.25) is 0 Å². The highest BCUT2D eigenvalue weighted by Gasteiger charge is 2.56. The van der Waals surface area contributed by atoms with E-state index in [1.54, 1.807) is 49.3 Å². The van der Waals surface area contributed by atoms with Crippen molar-refractivity contribution in [3.63, 3.8) is 0 Å². The lowest BCUT2D eigenvalue weighted by atomic mass is 9.95. The Morgan fingerprint density at radius 1 is 0.979 bits per heavy atom. The van der Waals surface area contributed by atoms with Crippen molar-refractivity contribution in [2.75, 3.05) is 6.54 Å². The highest BCUT2D eigenvalue weighted by molar-refractivity contribution is 8.03. The number of carbonyl (C=O) groups is 4. The average Bonchev–Trinajstić information content (AvgIpc) is 3.40. The van der Waals surface area contributed by atoms with E-state index in [2.05, 4.69) is 5.32 Å². The van der Waals surface area contributed by atoms with Gasteiger partial charge in [-0.25, -0.2) is 14.0 Å². The number of nitrogens with zero attached hydrogens (tertiary/aromatic N) is 2. The van der Waals surface area contributed by atoms with E-state index in [1.807, 2.05) is 60.7 Å². The number of hydrogen-bond acceptors (Lipinski definition) is 7. The third kappa shape index (κ3) is 7.16. The average molecular weight is 670 g/mol. The first kappa shape index (κ1) is 33.0. The first-order valence-electron chi connectivity index (χ1n) is 15.7. The van der Waals surface area contributed by atoms with Crippen LogP contribution in [-0.2, 0) is 30.4 Å². The molecule has 11 heteroatoms. The van der Waals surface area contributed by atoms with Crippen molar-refractivity contribution in [1.29, 1.82) is 0 Å². The second-order valence-corrected chi connectivity index (χ2v) is 13.8. The second kappa shape index (κ2) is 13.7. The first-order valence-corrected chi connectivity index (χ1v) is 16.6. The molecule has 0 spiro atoms. The van der Waals surface area contributed by atoms with Crippen molar-refractivity contribution in [2.24, 2.45) is 0 Å². The van der Waals surface area contributed by atoms with Gasteiger partial charge in [0.15, 0.2) is 12.1 Å². The molecule has 0 aromatic heterocycles. The number of esters is 1. The summed E-state index contributed by atoms with van der Waals surface area (Å²) in [6, 6.07) is 22.6. The molecule has 3 heterocycles. The van der Waals surface area contributed by atoms with Gasteiger partial charge in [-0.05, 0) is 73.1 Å². The summed E-state index contributed by atoms with van der Waals surface area (Å²) >= 11 is 1.28. The Labute approximate surface area is 282 Å². The van der Waals surface area contributed by atoms with E-state index in [9.17, 15) is 23.6 Å². The summed E-state index contributed by atoms with van der Waals surface area (Å²) < 4.78 is 25.0. The number of β-lactam (4-membered cyclic amide) rings is 1. The molecule has 1 N–H and O–H groups in total. The third-order valence-electron chi connectivity index (χ3n) is 8.19. The van der Waals surface area contributed by atoms with E-state index in [0.717, 1.165) is 16.7 Å². The minimum atomic E-state index is -1.16. The monoisotopic (exact) mass is 669 g/mol. The van der Waals surface area contributed by atoms with Crippen molar-refractivity contribution in [2.45, 2.75) is 62.9 Å². The molecule has 3 aliphatic rings. The van der Waals surface area contributed by atoms with Crippen molar-refractivity contribution in [1.82, 2.24) is 15.1 Å². The number of amides is 3. The number of alkyl carbamates (subject to hydrolysis) is 1. The van der Waals surface area contributed by atoms with E-state index in [0.29, 0.717) is 30.7 Å². The molecule has 3 aromatic rings. The molecule has 3 atom stereocenters. The summed E-state index contributed by atoms with van der Waals surface area (Å²) in [5.74, 6) is -1.68. The summed E-state index contributed by atoms with van der Waals surface area (Å²) in [5, 5.41) is 3.81. The van der Waals surface area contributed by atoms with Gasteiger partial charge in [0.05, 0.1) is 0 Å². The summed E-state index contributed by atoms with van der Waals surface area (Å²) in [7, 11) is 0. The van der Waals surface area contributed by atoms with Crippen LogP contribution >= 0.6 is 11.8 Å². The highest BCUT2D eigenvalue weighted by Crippen LogP contribution is 2.42. The number of hydrogen-bond donors (Lipinski definition) is 1. The number of thioether (sulfide) groups is 1. The van der Waals surface area contributed by atoms with Crippen molar-refractivity contribution in [3.05, 3.63) is 130 Å². The zero-order valence-corrected chi connectivity index (χ0v) is 27.6. The molecule has 6 rings (SSSR count). The molecule has 3 aromatic carbocycles. The van der Waals surface area contributed by atoms with Gasteiger partial charge in [-0.1, -0.05) is 72.8 Å². The number of fused-ring (bicyclic) bond motifs is 1. The summed E-state index contributed by atoms with van der Waals surface area (Å²) in [6.07, 6.45) is 0.612. The Morgan fingerprint density at radius 3 is 2.21 bits per heavy atom. The molecule has 0 bridgehead atoms. The maximum atomic E-state index is 14.3. The standard InChI is InChI=1S/C37H36FN3O6S/c1-37(2,3)47-36(45)39-29-33(43)41-30(35(44)46-31(24-10-6-4-7-11-24)25-12-8-5-9-13-25)27(22-48-34(29)41)20-26-18-19-40(32(26)42)21-23-14-16-28(38)17-15-23/h4-17,20,22,29-31,34H,18-19,21H2,1-3H3,(H,39,45)/b26-20+/t29-,30-,34-/m1/s1. The molecule has 3 aliphatic heterocycles. The largest absolute Gasteiger partial charge is 0.451 e. The van der Waals surface area contributed by atoms with E-state index < -0.39 is 47.1 Å². The number of rotatable bonds is 8. The SMILES string of the molecule is CC(C)(C)OC(=O)N[C@@H]1C(=O)N2[C@@H](C(=O)OC(c3ccccc3)c3ccccc3)C(/C=C3\CCN(Cc4ccc(F)cc4)C3=O)=CS[C@H]12. The molecule has 0 unspecified atom stereocenters. The van der Waals surface area contributed by atoms with Crippen molar-refractivity contribution < 1.29 is 33.0 Å². The normalized spacial score (nSPS) is 21.5. The van der Waals surface area contributed by atoms with Crippen LogP contribution in [-0.4, -0.2) is 63.3 Å². The lowest BCUT2D eigenvalue weighted by Crippen LogP contribution is -2.74. The maximum absolute atomic E-state index is 14.3. The van der Waals surface area contributed by atoms with E-state index >= 15 is 0 Å². The molecule has 0 radical (unpaired) electrons. The van der Waals surface area contributed by atoms with Gasteiger partial charge in [0.1, 0.15) is 22.8 Å². The Morgan fingerprint density at radius 2 is 1.60 bits per heavy atom. The summed E-state index contributed by atoms with van der Waals surface area (Å²) in [4.78, 5) is 57.0. The topological polar surface area (TPSA) is 105 Å². The van der Waals surface area contributed by atoms with Crippen LogP contribution in [0.3, 0.4) is 0 Å². The zero-order chi connectivity index (χ0) is 34.0. The second-order valence-electron chi connectivity index (χ2n) is 12.8. The van der Waals surface area contributed by atoms with Gasteiger partial charge in [0.25, 0.3) is 0 Å². The Hall–Kier alpha value is -4.90. The Balaban J connectivity index is 1.29. The van der Waals surface area contributed by atoms with Gasteiger partial charge >= 0.3 is 12.1 Å². The molecule has 3 amide bonds. The van der Waals surface area contributed by atoms with Crippen molar-refractivity contribution in [3.8, 4) is 0 Å². The number of likely N-dealkylation sites (tertiary alicyclic amines) is 1. The predicted molar refractivity (Wildman–Crippen MR) is 179 cm³/mol. The molecular formula is C37H36FN3O6S. The Kier molecular flexibility index (Phi) is 9.41. The number of benzene rings is 3. The molecule has 248 valence electrons. The summed E-state index contributed by atoms with van der Waals surface area (Å²) in [5.41, 5.74) is 2.47. The third-order valence-corrected chi connectivity index (χ3v) is 9.38. The van der Waals surface area contributed by atoms with Crippen LogP contribution < -0.4 is 5.32 Å². The first-order chi connectivity index (χ1) is 23.0. The van der Waals surface area contributed by atoms with Crippen LogP contribution in [0.25, 0.3) is 0 Å². The number of halogens is 1. The smallest absolute Gasteiger partial charge is 0.408 e.